The van der Waals surface area contributed by atoms with Crippen LogP contribution in [0.15, 0.2) is 18.2 Å². The van der Waals surface area contributed by atoms with Crippen LogP contribution in [0.1, 0.15) is 19.4 Å². The van der Waals surface area contributed by atoms with Gasteiger partial charge in [0.05, 0.1) is 6.61 Å². The van der Waals surface area contributed by atoms with Gasteiger partial charge in [0.15, 0.2) is 0 Å². The molecule has 4 nitrogen and oxygen atoms in total. The quantitative estimate of drug-likeness (QED) is 0.607. The van der Waals surface area contributed by atoms with Gasteiger partial charge in [-0.25, -0.2) is 0 Å². The summed E-state index contributed by atoms with van der Waals surface area (Å²) < 4.78 is 10.1. The number of carbonyl (C=O) groups is 1. The van der Waals surface area contributed by atoms with E-state index in [1.54, 1.807) is 18.2 Å². The Morgan fingerprint density at radius 1 is 1.40 bits per heavy atom. The minimum Gasteiger partial charge on any atom is -0.494 e. The zero-order valence-electron chi connectivity index (χ0n) is 8.69. The molecule has 0 atom stereocenters. The largest absolute Gasteiger partial charge is 0.494 e. The Balaban J connectivity index is 2.94. The summed E-state index contributed by atoms with van der Waals surface area (Å²) in [6, 6.07) is 4.79. The highest BCUT2D eigenvalue weighted by atomic mass is 16.5. The van der Waals surface area contributed by atoms with Crippen LogP contribution in [-0.2, 0) is 4.79 Å². The fourth-order valence-electron chi connectivity index (χ4n) is 1.14. The molecule has 0 aliphatic carbocycles. The monoisotopic (exact) mass is 209 g/mol. The summed E-state index contributed by atoms with van der Waals surface area (Å²) >= 11 is 0. The fourth-order valence-corrected chi connectivity index (χ4v) is 1.14. The summed E-state index contributed by atoms with van der Waals surface area (Å²) in [6.45, 7) is 4.60. The standard InChI is InChI=1S/C11H13O4/c1-3-14-10-4-9(7-12)5-11(6-10)15-8(2)13/h4-7,12H,3H2,1-2H3. The van der Waals surface area contributed by atoms with Crippen LogP contribution in [0.4, 0.5) is 0 Å². The van der Waals surface area contributed by atoms with E-state index in [-0.39, 0.29) is 0 Å². The summed E-state index contributed by atoms with van der Waals surface area (Å²) in [5.74, 6) is 0.498. The van der Waals surface area contributed by atoms with E-state index in [4.69, 9.17) is 14.6 Å². The highest BCUT2D eigenvalue weighted by Gasteiger charge is 2.04. The fraction of sp³-hybridized carbons (Fsp3) is 0.273. The van der Waals surface area contributed by atoms with Crippen molar-refractivity contribution in [3.63, 3.8) is 0 Å². The molecule has 1 N–H and O–H groups in total. The minimum absolute atomic E-state index is 0.355. The van der Waals surface area contributed by atoms with Crippen molar-refractivity contribution in [2.75, 3.05) is 6.61 Å². The Morgan fingerprint density at radius 3 is 2.60 bits per heavy atom. The number of esters is 1. The second-order valence-corrected chi connectivity index (χ2v) is 2.89. The van der Waals surface area contributed by atoms with E-state index in [0.29, 0.717) is 23.7 Å². The molecule has 1 aromatic rings. The van der Waals surface area contributed by atoms with E-state index in [2.05, 4.69) is 0 Å². The Morgan fingerprint density at radius 2 is 2.07 bits per heavy atom. The van der Waals surface area contributed by atoms with Gasteiger partial charge in [0.2, 0.25) is 0 Å². The van der Waals surface area contributed by atoms with Crippen molar-refractivity contribution >= 4 is 5.97 Å². The molecule has 4 heteroatoms. The molecule has 81 valence electrons. The second-order valence-electron chi connectivity index (χ2n) is 2.89. The number of benzene rings is 1. The molecule has 1 radical (unpaired) electrons. The lowest BCUT2D eigenvalue weighted by molar-refractivity contribution is -0.131. The third kappa shape index (κ3) is 3.59. The topological polar surface area (TPSA) is 55.8 Å². The van der Waals surface area contributed by atoms with Crippen LogP contribution in [0.25, 0.3) is 0 Å². The van der Waals surface area contributed by atoms with Crippen molar-refractivity contribution in [2.45, 2.75) is 13.8 Å². The average molecular weight is 209 g/mol. The normalized spacial score (nSPS) is 9.80. The summed E-state index contributed by atoms with van der Waals surface area (Å²) in [5, 5.41) is 8.87. The second kappa shape index (κ2) is 5.36. The van der Waals surface area contributed by atoms with E-state index in [1.165, 1.54) is 6.92 Å². The number of hydrogen-bond acceptors (Lipinski definition) is 4. The first-order chi connectivity index (χ1) is 7.15. The maximum atomic E-state index is 10.7. The average Bonchev–Trinajstić information content (AvgIpc) is 2.16. The van der Waals surface area contributed by atoms with E-state index >= 15 is 0 Å². The van der Waals surface area contributed by atoms with Crippen LogP contribution < -0.4 is 9.47 Å². The lowest BCUT2D eigenvalue weighted by atomic mass is 10.2. The van der Waals surface area contributed by atoms with Crippen LogP contribution in [0.2, 0.25) is 0 Å². The summed E-state index contributed by atoms with van der Waals surface area (Å²) in [5.41, 5.74) is 0.525. The number of hydrogen-bond donors (Lipinski definition) is 1. The molecule has 0 aromatic heterocycles. The van der Waals surface area contributed by atoms with Gasteiger partial charge in [0, 0.05) is 13.0 Å². The molecule has 0 unspecified atom stereocenters. The van der Waals surface area contributed by atoms with Gasteiger partial charge in [-0.05, 0) is 24.6 Å². The zero-order valence-corrected chi connectivity index (χ0v) is 8.69. The van der Waals surface area contributed by atoms with Crippen LogP contribution in [0.5, 0.6) is 11.5 Å². The number of ether oxygens (including phenoxy) is 2. The highest BCUT2D eigenvalue weighted by Crippen LogP contribution is 2.23. The maximum absolute atomic E-state index is 10.7. The van der Waals surface area contributed by atoms with Gasteiger partial charge >= 0.3 is 5.97 Å². The van der Waals surface area contributed by atoms with Crippen molar-refractivity contribution in [3.05, 3.63) is 30.4 Å². The van der Waals surface area contributed by atoms with Crippen molar-refractivity contribution in [1.82, 2.24) is 0 Å². The van der Waals surface area contributed by atoms with Crippen molar-refractivity contribution < 1.29 is 19.4 Å². The molecule has 1 rings (SSSR count). The van der Waals surface area contributed by atoms with Crippen LogP contribution in [0, 0.1) is 6.61 Å². The predicted octanol–water partition coefficient (Wildman–Crippen LogP) is 1.89. The van der Waals surface area contributed by atoms with Gasteiger partial charge in [-0.3, -0.25) is 4.79 Å². The van der Waals surface area contributed by atoms with Gasteiger partial charge in [-0.15, -0.1) is 0 Å². The molecular formula is C11H13O4. The molecule has 0 spiro atoms. The molecule has 0 bridgehead atoms. The van der Waals surface area contributed by atoms with Crippen molar-refractivity contribution in [3.8, 4) is 11.5 Å². The molecular weight excluding hydrogens is 196 g/mol. The maximum Gasteiger partial charge on any atom is 0.308 e. The Hall–Kier alpha value is -1.55. The van der Waals surface area contributed by atoms with Gasteiger partial charge in [-0.2, -0.15) is 0 Å². The van der Waals surface area contributed by atoms with E-state index in [1.807, 2.05) is 6.92 Å². The summed E-state index contributed by atoms with van der Waals surface area (Å²) in [6.07, 6.45) is 0. The van der Waals surface area contributed by atoms with Gasteiger partial charge in [-0.1, -0.05) is 0 Å². The van der Waals surface area contributed by atoms with E-state index in [9.17, 15) is 4.79 Å². The zero-order chi connectivity index (χ0) is 11.3. The molecule has 0 saturated carbocycles. The SMILES string of the molecule is CCOc1cc([CH]O)cc(OC(C)=O)c1. The lowest BCUT2D eigenvalue weighted by Crippen LogP contribution is -2.02. The molecule has 0 aliphatic rings. The van der Waals surface area contributed by atoms with Crippen LogP contribution in [-0.4, -0.2) is 17.7 Å². The van der Waals surface area contributed by atoms with Gasteiger partial charge < -0.3 is 14.6 Å². The molecule has 0 saturated heterocycles. The van der Waals surface area contributed by atoms with Crippen molar-refractivity contribution in [2.24, 2.45) is 0 Å². The third-order valence-corrected chi connectivity index (χ3v) is 1.62. The molecule has 1 aromatic carbocycles. The van der Waals surface area contributed by atoms with Gasteiger partial charge in [0.1, 0.15) is 18.1 Å². The van der Waals surface area contributed by atoms with E-state index < -0.39 is 5.97 Å². The van der Waals surface area contributed by atoms with Gasteiger partial charge in [0.25, 0.3) is 0 Å². The lowest BCUT2D eigenvalue weighted by Gasteiger charge is -2.08. The first kappa shape index (κ1) is 11.5. The summed E-state index contributed by atoms with van der Waals surface area (Å²) in [7, 11) is 0. The number of aliphatic hydroxyl groups excluding tert-OH is 1. The smallest absolute Gasteiger partial charge is 0.308 e. The molecule has 15 heavy (non-hydrogen) atoms. The van der Waals surface area contributed by atoms with E-state index in [0.717, 1.165) is 6.61 Å². The van der Waals surface area contributed by atoms with Crippen LogP contribution in [0.3, 0.4) is 0 Å². The first-order valence-electron chi connectivity index (χ1n) is 4.59. The Labute approximate surface area is 88.4 Å². The predicted molar refractivity (Wildman–Crippen MR) is 54.3 cm³/mol. The molecule has 0 heterocycles. The summed E-state index contributed by atoms with van der Waals surface area (Å²) in [4.78, 5) is 10.7. The Bertz CT molecular complexity index is 346. The van der Waals surface area contributed by atoms with Crippen LogP contribution >= 0.6 is 0 Å². The minimum atomic E-state index is -0.410. The highest BCUT2D eigenvalue weighted by molar-refractivity contribution is 5.69. The number of carbonyl (C=O) groups excluding carboxylic acids is 1. The number of rotatable bonds is 4. The first-order valence-corrected chi connectivity index (χ1v) is 4.59. The molecule has 0 aliphatic heterocycles. The van der Waals surface area contributed by atoms with Crippen molar-refractivity contribution in [1.29, 1.82) is 0 Å². The number of aliphatic hydroxyl groups is 1. The Kier molecular flexibility index (Phi) is 4.12. The molecule has 0 fully saturated rings. The molecule has 0 amide bonds. The third-order valence-electron chi connectivity index (χ3n) is 1.62.